The van der Waals surface area contributed by atoms with Gasteiger partial charge in [0.1, 0.15) is 6.54 Å². The van der Waals surface area contributed by atoms with Crippen molar-refractivity contribution in [3.8, 4) is 0 Å². The zero-order valence-electron chi connectivity index (χ0n) is 10.7. The zero-order chi connectivity index (χ0) is 13.3. The van der Waals surface area contributed by atoms with Gasteiger partial charge >= 0.3 is 5.97 Å². The second-order valence-corrected chi connectivity index (χ2v) is 4.84. The predicted octanol–water partition coefficient (Wildman–Crippen LogP) is 1.18. The van der Waals surface area contributed by atoms with Crippen LogP contribution in [0.4, 0.5) is 0 Å². The fraction of sp³-hybridized carbons (Fsp3) is 0.538. The van der Waals surface area contributed by atoms with Crippen molar-refractivity contribution in [1.82, 2.24) is 9.88 Å². The molecule has 1 heterocycles. The fourth-order valence-electron chi connectivity index (χ4n) is 2.33. The monoisotopic (exact) mass is 250 g/mol. The first kappa shape index (κ1) is 12.7. The van der Waals surface area contributed by atoms with Crippen LogP contribution in [-0.2, 0) is 16.0 Å². The van der Waals surface area contributed by atoms with Gasteiger partial charge in [-0.15, -0.1) is 0 Å². The second-order valence-electron chi connectivity index (χ2n) is 4.84. The maximum atomic E-state index is 11.6. The molecule has 0 saturated heterocycles. The third-order valence-electron chi connectivity index (χ3n) is 3.29. The quantitative estimate of drug-likeness (QED) is 0.824. The third-order valence-corrected chi connectivity index (χ3v) is 3.29. The lowest BCUT2D eigenvalue weighted by atomic mass is 10.1. The van der Waals surface area contributed by atoms with Crippen LogP contribution in [-0.4, -0.2) is 28.1 Å². The SMILES string of the molecule is Cc1cc(CC(=O)NCC(=O)O)c(C)n1C1CC1. The lowest BCUT2D eigenvalue weighted by Crippen LogP contribution is -2.30. The van der Waals surface area contributed by atoms with Crippen molar-refractivity contribution in [2.75, 3.05) is 6.54 Å². The summed E-state index contributed by atoms with van der Waals surface area (Å²) in [4.78, 5) is 22.0. The van der Waals surface area contributed by atoms with Crippen molar-refractivity contribution in [2.24, 2.45) is 0 Å². The lowest BCUT2D eigenvalue weighted by Gasteiger charge is -2.07. The van der Waals surface area contributed by atoms with Crippen molar-refractivity contribution in [3.05, 3.63) is 23.0 Å². The van der Waals surface area contributed by atoms with Crippen molar-refractivity contribution >= 4 is 11.9 Å². The van der Waals surface area contributed by atoms with Crippen molar-refractivity contribution in [1.29, 1.82) is 0 Å². The Kier molecular flexibility index (Phi) is 3.41. The molecule has 1 fully saturated rings. The Morgan fingerprint density at radius 2 is 2.11 bits per heavy atom. The van der Waals surface area contributed by atoms with E-state index in [4.69, 9.17) is 5.11 Å². The smallest absolute Gasteiger partial charge is 0.322 e. The molecule has 1 aromatic rings. The van der Waals surface area contributed by atoms with Crippen LogP contribution in [0.15, 0.2) is 6.07 Å². The molecular formula is C13H18N2O3. The van der Waals surface area contributed by atoms with Crippen molar-refractivity contribution in [3.63, 3.8) is 0 Å². The minimum Gasteiger partial charge on any atom is -0.480 e. The molecule has 0 spiro atoms. The largest absolute Gasteiger partial charge is 0.480 e. The summed E-state index contributed by atoms with van der Waals surface area (Å²) < 4.78 is 2.28. The molecule has 5 heteroatoms. The lowest BCUT2D eigenvalue weighted by molar-refractivity contribution is -0.137. The summed E-state index contributed by atoms with van der Waals surface area (Å²) in [5.74, 6) is -1.26. The van der Waals surface area contributed by atoms with Crippen LogP contribution in [0.1, 0.15) is 35.8 Å². The molecule has 0 aromatic carbocycles. The molecule has 18 heavy (non-hydrogen) atoms. The van der Waals surface area contributed by atoms with E-state index in [1.54, 1.807) is 0 Å². The molecule has 2 N–H and O–H groups in total. The van der Waals surface area contributed by atoms with Gasteiger partial charge in [0.25, 0.3) is 0 Å². The van der Waals surface area contributed by atoms with E-state index in [0.29, 0.717) is 6.04 Å². The van der Waals surface area contributed by atoms with E-state index in [1.165, 1.54) is 18.5 Å². The van der Waals surface area contributed by atoms with E-state index < -0.39 is 5.97 Å². The maximum Gasteiger partial charge on any atom is 0.322 e. The number of carbonyl (C=O) groups excluding carboxylic acids is 1. The number of carbonyl (C=O) groups is 2. The normalized spacial score (nSPS) is 14.6. The van der Waals surface area contributed by atoms with Crippen LogP contribution in [0.3, 0.4) is 0 Å². The number of rotatable bonds is 5. The molecule has 1 aromatic heterocycles. The summed E-state index contributed by atoms with van der Waals surface area (Å²) in [6.07, 6.45) is 2.67. The number of amides is 1. The van der Waals surface area contributed by atoms with Crippen LogP contribution >= 0.6 is 0 Å². The van der Waals surface area contributed by atoms with Gasteiger partial charge in [-0.1, -0.05) is 0 Å². The molecule has 1 saturated carbocycles. The van der Waals surface area contributed by atoms with Gasteiger partial charge in [-0.2, -0.15) is 0 Å². The Bertz CT molecular complexity index is 487. The van der Waals surface area contributed by atoms with Gasteiger partial charge < -0.3 is 15.0 Å². The Balaban J connectivity index is 2.03. The zero-order valence-corrected chi connectivity index (χ0v) is 10.7. The topological polar surface area (TPSA) is 71.3 Å². The van der Waals surface area contributed by atoms with Crippen molar-refractivity contribution in [2.45, 2.75) is 39.2 Å². The van der Waals surface area contributed by atoms with E-state index in [-0.39, 0.29) is 18.9 Å². The van der Waals surface area contributed by atoms with Crippen LogP contribution in [0.2, 0.25) is 0 Å². The molecule has 0 atom stereocenters. The number of hydrogen-bond donors (Lipinski definition) is 2. The van der Waals surface area contributed by atoms with E-state index in [0.717, 1.165) is 11.3 Å². The van der Waals surface area contributed by atoms with Crippen LogP contribution < -0.4 is 5.32 Å². The number of aliphatic carboxylic acids is 1. The first-order chi connectivity index (χ1) is 8.49. The molecular weight excluding hydrogens is 232 g/mol. The van der Waals surface area contributed by atoms with E-state index in [9.17, 15) is 9.59 Å². The van der Waals surface area contributed by atoms with Gasteiger partial charge in [-0.25, -0.2) is 0 Å². The highest BCUT2D eigenvalue weighted by Gasteiger charge is 2.27. The summed E-state index contributed by atoms with van der Waals surface area (Å²) in [6.45, 7) is 3.75. The molecule has 0 radical (unpaired) electrons. The molecule has 0 bridgehead atoms. The van der Waals surface area contributed by atoms with Crippen LogP contribution in [0, 0.1) is 13.8 Å². The van der Waals surface area contributed by atoms with E-state index >= 15 is 0 Å². The van der Waals surface area contributed by atoms with E-state index in [1.807, 2.05) is 19.9 Å². The van der Waals surface area contributed by atoms with Crippen LogP contribution in [0.25, 0.3) is 0 Å². The average Bonchev–Trinajstić information content (AvgIpc) is 3.06. The molecule has 1 aliphatic rings. The summed E-state index contributed by atoms with van der Waals surface area (Å²) in [5, 5.41) is 10.9. The summed E-state index contributed by atoms with van der Waals surface area (Å²) in [7, 11) is 0. The Morgan fingerprint density at radius 1 is 1.44 bits per heavy atom. The summed E-state index contributed by atoms with van der Waals surface area (Å²) in [5.41, 5.74) is 3.29. The molecule has 2 rings (SSSR count). The second kappa shape index (κ2) is 4.84. The summed E-state index contributed by atoms with van der Waals surface area (Å²) >= 11 is 0. The maximum absolute atomic E-state index is 11.6. The van der Waals surface area contributed by atoms with E-state index in [2.05, 4.69) is 9.88 Å². The molecule has 0 aliphatic heterocycles. The van der Waals surface area contributed by atoms with Gasteiger partial charge in [0.15, 0.2) is 0 Å². The standard InChI is InChI=1S/C13H18N2O3/c1-8-5-10(6-12(16)14-7-13(17)18)9(2)15(8)11-3-4-11/h5,11H,3-4,6-7H2,1-2H3,(H,14,16)(H,17,18). The Hall–Kier alpha value is -1.78. The molecule has 5 nitrogen and oxygen atoms in total. The van der Waals surface area contributed by atoms with Gasteiger partial charge in [-0.3, -0.25) is 9.59 Å². The minimum absolute atomic E-state index is 0.242. The number of aryl methyl sites for hydroxylation is 1. The highest BCUT2D eigenvalue weighted by molar-refractivity contribution is 5.83. The number of carboxylic acids is 1. The highest BCUT2D eigenvalue weighted by atomic mass is 16.4. The molecule has 1 amide bonds. The predicted molar refractivity (Wildman–Crippen MR) is 66.5 cm³/mol. The Morgan fingerprint density at radius 3 is 2.67 bits per heavy atom. The van der Waals surface area contributed by atoms with Gasteiger partial charge in [0.2, 0.25) is 5.91 Å². The van der Waals surface area contributed by atoms with Gasteiger partial charge in [0, 0.05) is 17.4 Å². The minimum atomic E-state index is -1.02. The first-order valence-electron chi connectivity index (χ1n) is 6.15. The average molecular weight is 250 g/mol. The first-order valence-corrected chi connectivity index (χ1v) is 6.15. The fourth-order valence-corrected chi connectivity index (χ4v) is 2.33. The van der Waals surface area contributed by atoms with Crippen LogP contribution in [0.5, 0.6) is 0 Å². The number of nitrogens with one attached hydrogen (secondary N) is 1. The highest BCUT2D eigenvalue weighted by Crippen LogP contribution is 2.38. The van der Waals surface area contributed by atoms with Gasteiger partial charge in [0.05, 0.1) is 6.42 Å². The number of nitrogens with zero attached hydrogens (tertiary/aromatic N) is 1. The Labute approximate surface area is 106 Å². The molecule has 0 unspecified atom stereocenters. The number of hydrogen-bond acceptors (Lipinski definition) is 2. The van der Waals surface area contributed by atoms with Crippen molar-refractivity contribution < 1.29 is 14.7 Å². The molecule has 98 valence electrons. The molecule has 1 aliphatic carbocycles. The third kappa shape index (κ3) is 2.72. The summed E-state index contributed by atoms with van der Waals surface area (Å²) in [6, 6.07) is 2.62. The van der Waals surface area contributed by atoms with Gasteiger partial charge in [-0.05, 0) is 38.3 Å². The number of aromatic nitrogens is 1. The number of carboxylic acid groups (broad SMARTS) is 1.